The van der Waals surface area contributed by atoms with Crippen LogP contribution in [0, 0.1) is 12.8 Å². The Balaban J connectivity index is 1.70. The number of hydrogen-bond acceptors (Lipinski definition) is 5. The number of benzene rings is 2. The zero-order valence-corrected chi connectivity index (χ0v) is 20.3. The number of ketones is 1. The molecular formula is C24H28ClNO5S. The normalized spacial score (nSPS) is 15.7. The van der Waals surface area contributed by atoms with Gasteiger partial charge < -0.3 is 4.74 Å². The van der Waals surface area contributed by atoms with Crippen molar-refractivity contribution in [3.05, 3.63) is 58.1 Å². The number of carbonyl (C=O) groups excluding carboxylic acids is 2. The van der Waals surface area contributed by atoms with Crippen molar-refractivity contribution in [3.63, 3.8) is 0 Å². The predicted molar refractivity (Wildman–Crippen MR) is 124 cm³/mol. The summed E-state index contributed by atoms with van der Waals surface area (Å²) in [6.45, 7) is 7.68. The molecule has 0 bridgehead atoms. The minimum atomic E-state index is -3.74. The van der Waals surface area contributed by atoms with Crippen LogP contribution in [-0.2, 0) is 14.8 Å². The van der Waals surface area contributed by atoms with Crippen molar-refractivity contribution in [2.45, 2.75) is 51.3 Å². The van der Waals surface area contributed by atoms with Gasteiger partial charge in [0.25, 0.3) is 0 Å². The lowest BCUT2D eigenvalue weighted by Gasteiger charge is -2.30. The highest BCUT2D eigenvalue weighted by Gasteiger charge is 2.33. The number of ether oxygens (including phenoxy) is 1. The van der Waals surface area contributed by atoms with Gasteiger partial charge in [0.05, 0.1) is 10.8 Å². The Kier molecular flexibility index (Phi) is 7.43. The van der Waals surface area contributed by atoms with Gasteiger partial charge in [-0.05, 0) is 68.0 Å². The molecule has 32 heavy (non-hydrogen) atoms. The molecule has 0 N–H and O–H groups in total. The van der Waals surface area contributed by atoms with E-state index in [1.807, 2.05) is 26.8 Å². The zero-order valence-electron chi connectivity index (χ0n) is 18.7. The van der Waals surface area contributed by atoms with Crippen molar-refractivity contribution in [1.29, 1.82) is 0 Å². The maximum absolute atomic E-state index is 13.0. The molecule has 0 atom stereocenters. The lowest BCUT2D eigenvalue weighted by atomic mass is 9.97. The third kappa shape index (κ3) is 5.22. The van der Waals surface area contributed by atoms with Gasteiger partial charge in [-0.1, -0.05) is 37.6 Å². The summed E-state index contributed by atoms with van der Waals surface area (Å²) in [6.07, 6.45) is 0.738. The van der Waals surface area contributed by atoms with Crippen LogP contribution in [0.25, 0.3) is 0 Å². The Hall–Kier alpha value is -2.22. The molecule has 0 unspecified atom stereocenters. The van der Waals surface area contributed by atoms with Crippen molar-refractivity contribution in [2.75, 3.05) is 13.1 Å². The largest absolute Gasteiger partial charge is 0.426 e. The van der Waals surface area contributed by atoms with Gasteiger partial charge in [-0.25, -0.2) is 8.42 Å². The van der Waals surface area contributed by atoms with Crippen LogP contribution >= 0.6 is 11.6 Å². The summed E-state index contributed by atoms with van der Waals surface area (Å²) in [4.78, 5) is 24.5. The molecule has 0 amide bonds. The first-order valence-electron chi connectivity index (χ1n) is 10.6. The summed E-state index contributed by atoms with van der Waals surface area (Å²) in [5.74, 6) is -0.302. The molecule has 0 radical (unpaired) electrons. The van der Waals surface area contributed by atoms with Crippen LogP contribution in [-0.4, -0.2) is 37.6 Å². The first-order chi connectivity index (χ1) is 15.0. The molecule has 6 nitrogen and oxygen atoms in total. The van der Waals surface area contributed by atoms with E-state index in [0.29, 0.717) is 29.2 Å². The average Bonchev–Trinajstić information content (AvgIpc) is 2.76. The Morgan fingerprint density at radius 3 is 2.38 bits per heavy atom. The second-order valence-electron chi connectivity index (χ2n) is 8.48. The minimum absolute atomic E-state index is 0.0874. The summed E-state index contributed by atoms with van der Waals surface area (Å²) in [5, 5.41) is 0.626. The van der Waals surface area contributed by atoms with Gasteiger partial charge in [0.1, 0.15) is 5.75 Å². The van der Waals surface area contributed by atoms with Crippen molar-refractivity contribution in [1.82, 2.24) is 4.31 Å². The van der Waals surface area contributed by atoms with E-state index in [0.717, 1.165) is 11.1 Å². The molecule has 1 saturated heterocycles. The molecule has 2 aromatic rings. The number of esters is 1. The quantitative estimate of drug-likeness (QED) is 0.333. The van der Waals surface area contributed by atoms with E-state index in [1.54, 1.807) is 18.2 Å². The van der Waals surface area contributed by atoms with Gasteiger partial charge in [0, 0.05) is 23.7 Å². The monoisotopic (exact) mass is 477 g/mol. The van der Waals surface area contributed by atoms with Crippen LogP contribution in [0.1, 0.15) is 61.0 Å². The third-order valence-corrected chi connectivity index (χ3v) is 8.09. The Morgan fingerprint density at radius 2 is 1.78 bits per heavy atom. The minimum Gasteiger partial charge on any atom is -0.426 e. The van der Waals surface area contributed by atoms with Gasteiger partial charge >= 0.3 is 5.97 Å². The fraction of sp³-hybridized carbons (Fsp3) is 0.417. The highest BCUT2D eigenvalue weighted by molar-refractivity contribution is 7.89. The molecule has 1 aliphatic rings. The first kappa shape index (κ1) is 24.4. The highest BCUT2D eigenvalue weighted by Crippen LogP contribution is 2.33. The van der Waals surface area contributed by atoms with Crippen molar-refractivity contribution >= 4 is 33.4 Å². The predicted octanol–water partition coefficient (Wildman–Crippen LogP) is 4.98. The van der Waals surface area contributed by atoms with E-state index < -0.39 is 10.0 Å². The molecule has 1 fully saturated rings. The second kappa shape index (κ2) is 9.73. The van der Waals surface area contributed by atoms with E-state index in [-0.39, 0.29) is 41.6 Å². The molecule has 3 rings (SSSR count). The smallest absolute Gasteiger partial charge is 0.314 e. The summed E-state index contributed by atoms with van der Waals surface area (Å²) in [6, 6.07) is 9.64. The van der Waals surface area contributed by atoms with Crippen LogP contribution in [0.15, 0.2) is 41.3 Å². The molecule has 0 saturated carbocycles. The molecular weight excluding hydrogens is 450 g/mol. The number of sulfonamides is 1. The van der Waals surface area contributed by atoms with Crippen LogP contribution in [0.5, 0.6) is 5.75 Å². The lowest BCUT2D eigenvalue weighted by Crippen LogP contribution is -2.41. The summed E-state index contributed by atoms with van der Waals surface area (Å²) in [5.41, 5.74) is 2.04. The SMILES string of the molecule is CC(=O)c1cccc(S(=O)(=O)N2CCC(C(=O)Oc3cc(C)c(Cl)cc3C(C)C)CC2)c1. The Morgan fingerprint density at radius 1 is 1.12 bits per heavy atom. The number of aryl methyl sites for hydroxylation is 1. The lowest BCUT2D eigenvalue weighted by molar-refractivity contribution is -0.140. The number of halogens is 1. The van der Waals surface area contributed by atoms with E-state index in [2.05, 4.69) is 0 Å². The number of piperidine rings is 1. The highest BCUT2D eigenvalue weighted by atomic mass is 35.5. The van der Waals surface area contributed by atoms with Crippen molar-refractivity contribution < 1.29 is 22.7 Å². The Labute approximate surface area is 194 Å². The fourth-order valence-electron chi connectivity index (χ4n) is 3.76. The first-order valence-corrected chi connectivity index (χ1v) is 12.5. The van der Waals surface area contributed by atoms with Crippen LogP contribution in [0.3, 0.4) is 0 Å². The summed E-state index contributed by atoms with van der Waals surface area (Å²) >= 11 is 6.23. The maximum atomic E-state index is 13.0. The third-order valence-electron chi connectivity index (χ3n) is 5.79. The number of Topliss-reactive ketones (excluding diaryl/α,β-unsaturated/α-hetero) is 1. The summed E-state index contributed by atoms with van der Waals surface area (Å²) in [7, 11) is -3.74. The van der Waals surface area contributed by atoms with Gasteiger partial charge in [-0.15, -0.1) is 0 Å². The van der Waals surface area contributed by atoms with Gasteiger partial charge in [0.2, 0.25) is 10.0 Å². The zero-order chi connectivity index (χ0) is 23.6. The van der Waals surface area contributed by atoms with Gasteiger partial charge in [0.15, 0.2) is 5.78 Å². The Bertz CT molecular complexity index is 1140. The van der Waals surface area contributed by atoms with E-state index in [9.17, 15) is 18.0 Å². The molecule has 8 heteroatoms. The summed E-state index contributed by atoms with van der Waals surface area (Å²) < 4.78 is 33.1. The van der Waals surface area contributed by atoms with E-state index in [4.69, 9.17) is 16.3 Å². The standard InChI is InChI=1S/C24H28ClNO5S/c1-15(2)21-14-22(25)16(3)12-23(21)31-24(28)18-8-10-26(11-9-18)32(29,30)20-7-5-6-19(13-20)17(4)27/h5-7,12-15,18H,8-11H2,1-4H3. The van der Waals surface area contributed by atoms with E-state index in [1.165, 1.54) is 23.4 Å². The van der Waals surface area contributed by atoms with Crippen molar-refractivity contribution in [3.8, 4) is 5.75 Å². The van der Waals surface area contributed by atoms with Gasteiger partial charge in [-0.3, -0.25) is 9.59 Å². The van der Waals surface area contributed by atoms with Crippen LogP contribution in [0.4, 0.5) is 0 Å². The molecule has 1 heterocycles. The van der Waals surface area contributed by atoms with Crippen molar-refractivity contribution in [2.24, 2.45) is 5.92 Å². The number of hydrogen-bond donors (Lipinski definition) is 0. The molecule has 0 aromatic heterocycles. The molecule has 0 aliphatic carbocycles. The number of carbonyl (C=O) groups is 2. The fourth-order valence-corrected chi connectivity index (χ4v) is 5.45. The molecule has 1 aliphatic heterocycles. The second-order valence-corrected chi connectivity index (χ2v) is 10.8. The number of nitrogens with zero attached hydrogens (tertiary/aromatic N) is 1. The average molecular weight is 478 g/mol. The van der Waals surface area contributed by atoms with Crippen LogP contribution < -0.4 is 4.74 Å². The topological polar surface area (TPSA) is 80.8 Å². The maximum Gasteiger partial charge on any atom is 0.314 e. The molecule has 172 valence electrons. The van der Waals surface area contributed by atoms with E-state index >= 15 is 0 Å². The van der Waals surface area contributed by atoms with Gasteiger partial charge in [-0.2, -0.15) is 4.31 Å². The number of rotatable bonds is 6. The van der Waals surface area contributed by atoms with Crippen LogP contribution in [0.2, 0.25) is 5.02 Å². The molecule has 2 aromatic carbocycles. The molecule has 0 spiro atoms.